The van der Waals surface area contributed by atoms with E-state index in [4.69, 9.17) is 14.2 Å². The first-order valence-electron chi connectivity index (χ1n) is 7.72. The van der Waals surface area contributed by atoms with Crippen LogP contribution in [0.25, 0.3) is 0 Å². The number of aromatic hydroxyl groups is 1. The number of carbonyl (C=O) groups is 1. The van der Waals surface area contributed by atoms with Crippen LogP contribution in [0, 0.1) is 5.92 Å². The second kappa shape index (κ2) is 6.43. The second-order valence-corrected chi connectivity index (χ2v) is 5.81. The number of benzene rings is 2. The Morgan fingerprint density at radius 1 is 1.00 bits per heavy atom. The van der Waals surface area contributed by atoms with Crippen molar-refractivity contribution in [2.24, 2.45) is 5.92 Å². The molecule has 0 spiro atoms. The maximum atomic E-state index is 12.8. The minimum absolute atomic E-state index is 0.0334. The van der Waals surface area contributed by atoms with Gasteiger partial charge in [-0.25, -0.2) is 0 Å². The number of hydrogen-bond donors (Lipinski definition) is 1. The number of phenols is 1. The van der Waals surface area contributed by atoms with Crippen molar-refractivity contribution in [2.75, 3.05) is 21.3 Å². The molecule has 5 heteroatoms. The quantitative estimate of drug-likeness (QED) is 0.823. The van der Waals surface area contributed by atoms with Crippen LogP contribution >= 0.6 is 0 Å². The van der Waals surface area contributed by atoms with Gasteiger partial charge in [0, 0.05) is 5.92 Å². The molecule has 0 amide bonds. The molecule has 1 saturated carbocycles. The Kier molecular flexibility index (Phi) is 4.34. The molecule has 2 unspecified atom stereocenters. The van der Waals surface area contributed by atoms with E-state index in [1.54, 1.807) is 44.6 Å². The molecule has 0 saturated heterocycles. The second-order valence-electron chi connectivity index (χ2n) is 5.81. The van der Waals surface area contributed by atoms with Gasteiger partial charge in [-0.15, -0.1) is 0 Å². The highest BCUT2D eigenvalue weighted by Gasteiger charge is 2.45. The summed E-state index contributed by atoms with van der Waals surface area (Å²) < 4.78 is 15.6. The number of ketones is 1. The lowest BCUT2D eigenvalue weighted by molar-refractivity contribution is 0.0962. The summed E-state index contributed by atoms with van der Waals surface area (Å²) in [6.45, 7) is 0. The van der Waals surface area contributed by atoms with Gasteiger partial charge in [0.1, 0.15) is 11.5 Å². The molecule has 0 bridgehead atoms. The third kappa shape index (κ3) is 2.89. The van der Waals surface area contributed by atoms with Crippen molar-refractivity contribution < 1.29 is 24.1 Å². The van der Waals surface area contributed by atoms with E-state index >= 15 is 0 Å². The summed E-state index contributed by atoms with van der Waals surface area (Å²) in [4.78, 5) is 12.8. The molecular formula is C19H20O5. The van der Waals surface area contributed by atoms with Crippen LogP contribution in [0.4, 0.5) is 0 Å². The Bertz CT molecular complexity index is 768. The molecule has 1 aliphatic rings. The van der Waals surface area contributed by atoms with E-state index in [1.807, 2.05) is 6.07 Å². The van der Waals surface area contributed by atoms with Crippen LogP contribution in [0.15, 0.2) is 36.4 Å². The van der Waals surface area contributed by atoms with Crippen LogP contribution in [0.1, 0.15) is 28.3 Å². The maximum absolute atomic E-state index is 12.8. The summed E-state index contributed by atoms with van der Waals surface area (Å²) >= 11 is 0. The first kappa shape index (κ1) is 16.2. The Balaban J connectivity index is 1.82. The summed E-state index contributed by atoms with van der Waals surface area (Å²) in [5, 5.41) is 9.91. The van der Waals surface area contributed by atoms with Crippen LogP contribution in [0.2, 0.25) is 0 Å². The lowest BCUT2D eigenvalue weighted by atomic mass is 10.0. The topological polar surface area (TPSA) is 65.0 Å². The predicted molar refractivity (Wildman–Crippen MR) is 89.4 cm³/mol. The van der Waals surface area contributed by atoms with Crippen molar-refractivity contribution in [1.29, 1.82) is 0 Å². The van der Waals surface area contributed by atoms with Gasteiger partial charge in [-0.3, -0.25) is 4.79 Å². The summed E-state index contributed by atoms with van der Waals surface area (Å²) in [5.74, 6) is 1.71. The highest BCUT2D eigenvalue weighted by Crippen LogP contribution is 2.51. The number of methoxy groups -OCH3 is 3. The SMILES string of the molecule is COc1ccc(OC)c(C(=O)C2CC2c2ccc(OC)c(O)c2)c1. The van der Waals surface area contributed by atoms with E-state index in [1.165, 1.54) is 7.11 Å². The Morgan fingerprint density at radius 3 is 2.33 bits per heavy atom. The average Bonchev–Trinajstić information content (AvgIpc) is 3.41. The highest BCUT2D eigenvalue weighted by molar-refractivity contribution is 6.03. The zero-order chi connectivity index (χ0) is 17.3. The molecule has 1 aliphatic carbocycles. The van der Waals surface area contributed by atoms with Crippen molar-refractivity contribution in [3.05, 3.63) is 47.5 Å². The van der Waals surface area contributed by atoms with Gasteiger partial charge in [0.05, 0.1) is 26.9 Å². The molecular weight excluding hydrogens is 308 g/mol. The molecule has 1 fully saturated rings. The fourth-order valence-electron chi connectivity index (χ4n) is 3.00. The van der Waals surface area contributed by atoms with E-state index in [0.29, 0.717) is 22.8 Å². The summed E-state index contributed by atoms with van der Waals surface area (Å²) in [6, 6.07) is 10.5. The first-order valence-corrected chi connectivity index (χ1v) is 7.72. The van der Waals surface area contributed by atoms with Gasteiger partial charge in [-0.05, 0) is 48.2 Å². The molecule has 2 aromatic rings. The molecule has 0 aromatic heterocycles. The number of ether oxygens (including phenoxy) is 3. The number of rotatable bonds is 6. The van der Waals surface area contributed by atoms with Crippen LogP contribution < -0.4 is 14.2 Å². The van der Waals surface area contributed by atoms with Crippen molar-refractivity contribution in [2.45, 2.75) is 12.3 Å². The molecule has 24 heavy (non-hydrogen) atoms. The molecule has 3 rings (SSSR count). The smallest absolute Gasteiger partial charge is 0.170 e. The third-order valence-electron chi connectivity index (χ3n) is 4.43. The molecule has 0 heterocycles. The highest BCUT2D eigenvalue weighted by atomic mass is 16.5. The first-order chi connectivity index (χ1) is 11.6. The monoisotopic (exact) mass is 328 g/mol. The van der Waals surface area contributed by atoms with Gasteiger partial charge in [0.2, 0.25) is 0 Å². The Hall–Kier alpha value is -2.69. The van der Waals surface area contributed by atoms with Crippen molar-refractivity contribution in [3.63, 3.8) is 0 Å². The van der Waals surface area contributed by atoms with Gasteiger partial charge < -0.3 is 19.3 Å². The van der Waals surface area contributed by atoms with Crippen LogP contribution in [-0.4, -0.2) is 32.2 Å². The molecule has 0 radical (unpaired) electrons. The van der Waals surface area contributed by atoms with E-state index in [0.717, 1.165) is 12.0 Å². The van der Waals surface area contributed by atoms with Crippen LogP contribution in [0.3, 0.4) is 0 Å². The van der Waals surface area contributed by atoms with E-state index in [-0.39, 0.29) is 23.4 Å². The predicted octanol–water partition coefficient (Wildman–Crippen LogP) is 3.40. The van der Waals surface area contributed by atoms with Gasteiger partial charge in [-0.2, -0.15) is 0 Å². The van der Waals surface area contributed by atoms with Crippen molar-refractivity contribution in [1.82, 2.24) is 0 Å². The number of Topliss-reactive ketones (excluding diaryl/α,β-unsaturated/α-hetero) is 1. The zero-order valence-electron chi connectivity index (χ0n) is 13.9. The molecule has 126 valence electrons. The summed E-state index contributed by atoms with van der Waals surface area (Å²) in [6.07, 6.45) is 0.755. The molecule has 2 aromatic carbocycles. The number of carbonyl (C=O) groups excluding carboxylic acids is 1. The molecule has 1 N–H and O–H groups in total. The number of hydrogen-bond acceptors (Lipinski definition) is 5. The van der Waals surface area contributed by atoms with Crippen molar-refractivity contribution >= 4 is 5.78 Å². The lowest BCUT2D eigenvalue weighted by Gasteiger charge is -2.10. The van der Waals surface area contributed by atoms with Crippen LogP contribution in [0.5, 0.6) is 23.0 Å². The molecule has 2 atom stereocenters. The Labute approximate surface area is 140 Å². The fraction of sp³-hybridized carbons (Fsp3) is 0.316. The summed E-state index contributed by atoms with van der Waals surface area (Å²) in [5.41, 5.74) is 1.47. The maximum Gasteiger partial charge on any atom is 0.170 e. The minimum atomic E-state index is -0.112. The zero-order valence-corrected chi connectivity index (χ0v) is 13.9. The van der Waals surface area contributed by atoms with E-state index in [2.05, 4.69) is 0 Å². The molecule has 5 nitrogen and oxygen atoms in total. The van der Waals surface area contributed by atoms with Gasteiger partial charge in [-0.1, -0.05) is 6.07 Å². The summed E-state index contributed by atoms with van der Waals surface area (Å²) in [7, 11) is 4.62. The standard InChI is InChI=1S/C19H20O5/c1-22-12-5-7-17(23-2)15(9-12)19(21)14-10-13(14)11-4-6-18(24-3)16(20)8-11/h4-9,13-14,20H,10H2,1-3H3. The largest absolute Gasteiger partial charge is 0.504 e. The van der Waals surface area contributed by atoms with E-state index in [9.17, 15) is 9.90 Å². The average molecular weight is 328 g/mol. The molecule has 0 aliphatic heterocycles. The van der Waals surface area contributed by atoms with Gasteiger partial charge in [0.25, 0.3) is 0 Å². The lowest BCUT2D eigenvalue weighted by Crippen LogP contribution is -2.06. The third-order valence-corrected chi connectivity index (χ3v) is 4.43. The fourth-order valence-corrected chi connectivity index (χ4v) is 3.00. The number of phenolic OH excluding ortho intramolecular Hbond substituents is 1. The Morgan fingerprint density at radius 2 is 1.71 bits per heavy atom. The van der Waals surface area contributed by atoms with Crippen LogP contribution in [-0.2, 0) is 0 Å². The minimum Gasteiger partial charge on any atom is -0.504 e. The normalized spacial score (nSPS) is 18.8. The van der Waals surface area contributed by atoms with Crippen molar-refractivity contribution in [3.8, 4) is 23.0 Å². The van der Waals surface area contributed by atoms with Gasteiger partial charge >= 0.3 is 0 Å². The van der Waals surface area contributed by atoms with Gasteiger partial charge in [0.15, 0.2) is 17.3 Å². The van der Waals surface area contributed by atoms with E-state index < -0.39 is 0 Å².